The zero-order valence-electron chi connectivity index (χ0n) is 16.1. The Balaban J connectivity index is 1.87. The number of hydrogen-bond acceptors (Lipinski definition) is 4. The van der Waals surface area contributed by atoms with Crippen molar-refractivity contribution in [3.05, 3.63) is 15.6 Å². The molecule has 2 N–H and O–H groups in total. The maximum Gasteiger partial charge on any atom is 0.230 e. The number of carbonyl (C=O) groups is 1. The highest BCUT2D eigenvalue weighted by Gasteiger charge is 2.42. The fourth-order valence-electron chi connectivity index (χ4n) is 3.57. The first-order chi connectivity index (χ1) is 11.9. The lowest BCUT2D eigenvalue weighted by Crippen LogP contribution is -2.49. The van der Waals surface area contributed by atoms with Crippen molar-refractivity contribution < 1.29 is 4.79 Å². The summed E-state index contributed by atoms with van der Waals surface area (Å²) in [7, 11) is 5.45. The average molecular weight is 366 g/mol. The number of aryl methyl sites for hydroxylation is 2. The molecule has 0 spiro atoms. The van der Waals surface area contributed by atoms with Gasteiger partial charge in [0.15, 0.2) is 5.96 Å². The van der Waals surface area contributed by atoms with Crippen LogP contribution in [0.25, 0.3) is 0 Å². The minimum absolute atomic E-state index is 0.226. The molecule has 1 amide bonds. The van der Waals surface area contributed by atoms with Gasteiger partial charge in [-0.1, -0.05) is 12.8 Å². The molecule has 1 aromatic rings. The molecule has 1 heterocycles. The van der Waals surface area contributed by atoms with Gasteiger partial charge in [0.25, 0.3) is 0 Å². The first-order valence-corrected chi connectivity index (χ1v) is 9.79. The number of amides is 1. The second-order valence-corrected chi connectivity index (χ2v) is 8.32. The molecule has 0 saturated heterocycles. The minimum atomic E-state index is -0.285. The molecule has 7 heteroatoms. The third kappa shape index (κ3) is 4.93. The molecule has 0 aromatic carbocycles. The number of rotatable bonds is 6. The summed E-state index contributed by atoms with van der Waals surface area (Å²) in [5, 5.41) is 7.84. The molecule has 0 unspecified atom stereocenters. The van der Waals surface area contributed by atoms with Crippen LogP contribution in [0.5, 0.6) is 0 Å². The summed E-state index contributed by atoms with van der Waals surface area (Å²) in [6, 6.07) is 0. The molecule has 1 fully saturated rings. The van der Waals surface area contributed by atoms with Crippen LogP contribution in [0.3, 0.4) is 0 Å². The number of guanidine groups is 1. The molecule has 0 bridgehead atoms. The number of aromatic nitrogens is 1. The lowest BCUT2D eigenvalue weighted by atomic mass is 9.84. The predicted molar refractivity (Wildman–Crippen MR) is 104 cm³/mol. The second-order valence-electron chi connectivity index (χ2n) is 7.03. The monoisotopic (exact) mass is 365 g/mol. The molecule has 1 aliphatic carbocycles. The quantitative estimate of drug-likeness (QED) is 0.598. The summed E-state index contributed by atoms with van der Waals surface area (Å²) >= 11 is 1.75. The van der Waals surface area contributed by atoms with Crippen LogP contribution in [-0.4, -0.2) is 56.0 Å². The van der Waals surface area contributed by atoms with Crippen LogP contribution in [-0.2, 0) is 11.2 Å². The van der Waals surface area contributed by atoms with Crippen LogP contribution in [0.2, 0.25) is 0 Å². The standard InChI is InChI=1S/C18H31N5OS/c1-13-15(25-14(2)22-13)8-11-20-17(19-3)21-12-18(9-6-7-10-18)16(24)23(4)5/h6-12H2,1-5H3,(H2,19,20,21). The predicted octanol–water partition coefficient (Wildman–Crippen LogP) is 2.12. The summed E-state index contributed by atoms with van der Waals surface area (Å²) in [5.74, 6) is 0.987. The van der Waals surface area contributed by atoms with E-state index in [-0.39, 0.29) is 11.3 Å². The number of nitrogens with one attached hydrogen (secondary N) is 2. The summed E-state index contributed by atoms with van der Waals surface area (Å²) in [4.78, 5) is 24.4. The van der Waals surface area contributed by atoms with Crippen LogP contribution in [0.1, 0.15) is 41.3 Å². The molecule has 1 aromatic heterocycles. The Bertz CT molecular complexity index is 617. The molecular formula is C18H31N5OS. The van der Waals surface area contributed by atoms with Crippen LogP contribution in [0.4, 0.5) is 0 Å². The Morgan fingerprint density at radius 2 is 1.96 bits per heavy atom. The van der Waals surface area contributed by atoms with E-state index in [2.05, 4.69) is 27.5 Å². The smallest absolute Gasteiger partial charge is 0.230 e. The lowest BCUT2D eigenvalue weighted by Gasteiger charge is -2.31. The molecule has 2 rings (SSSR count). The van der Waals surface area contributed by atoms with Crippen molar-refractivity contribution in [2.75, 3.05) is 34.2 Å². The largest absolute Gasteiger partial charge is 0.356 e. The lowest BCUT2D eigenvalue weighted by molar-refractivity contribution is -0.138. The van der Waals surface area contributed by atoms with Gasteiger partial charge < -0.3 is 15.5 Å². The number of carbonyl (C=O) groups excluding carboxylic acids is 1. The van der Waals surface area contributed by atoms with Gasteiger partial charge in [-0.05, 0) is 26.7 Å². The molecule has 0 aliphatic heterocycles. The molecule has 140 valence electrons. The van der Waals surface area contributed by atoms with Crippen LogP contribution in [0.15, 0.2) is 4.99 Å². The zero-order valence-corrected chi connectivity index (χ0v) is 16.9. The number of thiazole rings is 1. The van der Waals surface area contributed by atoms with Crippen molar-refractivity contribution in [2.24, 2.45) is 10.4 Å². The van der Waals surface area contributed by atoms with Gasteiger partial charge in [0, 0.05) is 45.5 Å². The van der Waals surface area contributed by atoms with Crippen molar-refractivity contribution in [3.8, 4) is 0 Å². The van der Waals surface area contributed by atoms with Gasteiger partial charge in [0.1, 0.15) is 0 Å². The third-order valence-electron chi connectivity index (χ3n) is 4.88. The normalized spacial score (nSPS) is 16.8. The Hall–Kier alpha value is -1.63. The van der Waals surface area contributed by atoms with Crippen molar-refractivity contribution >= 4 is 23.2 Å². The minimum Gasteiger partial charge on any atom is -0.356 e. The number of nitrogens with zero attached hydrogens (tertiary/aromatic N) is 3. The maximum atomic E-state index is 12.6. The molecule has 1 saturated carbocycles. The molecular weight excluding hydrogens is 334 g/mol. The van der Waals surface area contributed by atoms with Crippen molar-refractivity contribution in [1.29, 1.82) is 0 Å². The first-order valence-electron chi connectivity index (χ1n) is 8.97. The van der Waals surface area contributed by atoms with E-state index in [1.807, 2.05) is 21.0 Å². The fourth-order valence-corrected chi connectivity index (χ4v) is 4.50. The van der Waals surface area contributed by atoms with E-state index in [9.17, 15) is 4.79 Å². The molecule has 6 nitrogen and oxygen atoms in total. The summed E-state index contributed by atoms with van der Waals surface area (Å²) in [6.07, 6.45) is 5.08. The number of hydrogen-bond donors (Lipinski definition) is 2. The molecule has 0 atom stereocenters. The van der Waals surface area contributed by atoms with Gasteiger partial charge in [-0.15, -0.1) is 11.3 Å². The maximum absolute atomic E-state index is 12.6. The summed E-state index contributed by atoms with van der Waals surface area (Å²) in [5.41, 5.74) is 0.834. The van der Waals surface area contributed by atoms with Gasteiger partial charge in [-0.3, -0.25) is 9.79 Å². The van der Waals surface area contributed by atoms with E-state index in [4.69, 9.17) is 0 Å². The fraction of sp³-hybridized carbons (Fsp3) is 0.722. The highest BCUT2D eigenvalue weighted by molar-refractivity contribution is 7.11. The Morgan fingerprint density at radius 1 is 1.28 bits per heavy atom. The Labute approximate surface area is 155 Å². The molecule has 0 radical (unpaired) electrons. The number of aliphatic imine (C=N–C) groups is 1. The van der Waals surface area contributed by atoms with E-state index in [0.29, 0.717) is 6.54 Å². The summed E-state index contributed by atoms with van der Waals surface area (Å²) < 4.78 is 0. The highest BCUT2D eigenvalue weighted by Crippen LogP contribution is 2.38. The second kappa shape index (κ2) is 8.65. The van der Waals surface area contributed by atoms with Crippen LogP contribution < -0.4 is 10.6 Å². The third-order valence-corrected chi connectivity index (χ3v) is 6.02. The average Bonchev–Trinajstić information content (AvgIpc) is 3.17. The van der Waals surface area contributed by atoms with Crippen molar-refractivity contribution in [3.63, 3.8) is 0 Å². The van der Waals surface area contributed by atoms with Gasteiger partial charge in [-0.2, -0.15) is 0 Å². The SMILES string of the molecule is CN=C(NCCc1sc(C)nc1C)NCC1(C(=O)N(C)C)CCCC1. The zero-order chi connectivity index (χ0) is 18.4. The summed E-state index contributed by atoms with van der Waals surface area (Å²) in [6.45, 7) is 5.54. The van der Waals surface area contributed by atoms with Crippen molar-refractivity contribution in [1.82, 2.24) is 20.5 Å². The van der Waals surface area contributed by atoms with E-state index in [1.165, 1.54) is 4.88 Å². The van der Waals surface area contributed by atoms with E-state index in [1.54, 1.807) is 23.3 Å². The Kier molecular flexibility index (Phi) is 6.81. The van der Waals surface area contributed by atoms with E-state index < -0.39 is 0 Å². The highest BCUT2D eigenvalue weighted by atomic mass is 32.1. The van der Waals surface area contributed by atoms with Gasteiger partial charge in [-0.25, -0.2) is 4.98 Å². The molecule has 1 aliphatic rings. The van der Waals surface area contributed by atoms with Crippen LogP contribution in [0, 0.1) is 19.3 Å². The van der Waals surface area contributed by atoms with Gasteiger partial charge in [0.2, 0.25) is 5.91 Å². The Morgan fingerprint density at radius 3 is 2.48 bits per heavy atom. The van der Waals surface area contributed by atoms with Gasteiger partial charge >= 0.3 is 0 Å². The molecule has 25 heavy (non-hydrogen) atoms. The van der Waals surface area contributed by atoms with Crippen molar-refractivity contribution in [2.45, 2.75) is 46.0 Å². The topological polar surface area (TPSA) is 69.6 Å². The van der Waals surface area contributed by atoms with E-state index >= 15 is 0 Å². The van der Waals surface area contributed by atoms with Crippen LogP contribution >= 0.6 is 11.3 Å². The van der Waals surface area contributed by atoms with Gasteiger partial charge in [0.05, 0.1) is 16.1 Å². The van der Waals surface area contributed by atoms with E-state index in [0.717, 1.165) is 55.3 Å². The first kappa shape index (κ1) is 19.7.